The Balaban J connectivity index is 1.43. The van der Waals surface area contributed by atoms with Gasteiger partial charge in [0, 0.05) is 17.8 Å². The molecule has 0 heterocycles. The molecule has 0 aliphatic heterocycles. The lowest BCUT2D eigenvalue weighted by atomic mass is 9.68. The minimum atomic E-state index is -6.81. The summed E-state index contributed by atoms with van der Waals surface area (Å²) in [6, 6.07) is 0. The first-order chi connectivity index (χ1) is 17.7. The van der Waals surface area contributed by atoms with E-state index in [0.29, 0.717) is 0 Å². The van der Waals surface area contributed by atoms with Crippen LogP contribution in [0.3, 0.4) is 0 Å². The molecule has 3 aliphatic rings. The van der Waals surface area contributed by atoms with E-state index in [4.69, 9.17) is 0 Å². The zero-order valence-electron chi connectivity index (χ0n) is 22.2. The lowest BCUT2D eigenvalue weighted by Crippen LogP contribution is -2.63. The molecule has 0 atom stereocenters. The summed E-state index contributed by atoms with van der Waals surface area (Å²) in [4.78, 5) is 0. The van der Waals surface area contributed by atoms with Crippen molar-refractivity contribution in [3.05, 3.63) is 0 Å². The molecule has 0 spiro atoms. The molecule has 0 N–H and O–H groups in total. The Morgan fingerprint density at radius 1 is 0.553 bits per heavy atom. The molecular formula is C29H41F9. The van der Waals surface area contributed by atoms with Gasteiger partial charge in [0.2, 0.25) is 0 Å². The summed E-state index contributed by atoms with van der Waals surface area (Å²) in [6.07, 6.45) is 6.77. The third-order valence-electron chi connectivity index (χ3n) is 9.45. The van der Waals surface area contributed by atoms with Crippen LogP contribution in [0.4, 0.5) is 39.5 Å². The minimum Gasteiger partial charge on any atom is -0.199 e. The normalized spacial score (nSPS) is 31.9. The predicted octanol–water partition coefficient (Wildman–Crippen LogP) is 10.5. The molecule has 220 valence electrons. The predicted molar refractivity (Wildman–Crippen MR) is 129 cm³/mol. The fourth-order valence-electron chi connectivity index (χ4n) is 6.85. The second kappa shape index (κ2) is 12.6. The lowest BCUT2D eigenvalue weighted by Gasteiger charge is -2.39. The van der Waals surface area contributed by atoms with Crippen LogP contribution in [0.2, 0.25) is 0 Å². The van der Waals surface area contributed by atoms with Crippen LogP contribution in [0.15, 0.2) is 0 Å². The van der Waals surface area contributed by atoms with Gasteiger partial charge in [0.1, 0.15) is 0 Å². The summed E-state index contributed by atoms with van der Waals surface area (Å²) in [5, 5.41) is 0. The monoisotopic (exact) mass is 560 g/mol. The molecule has 3 rings (SSSR count). The van der Waals surface area contributed by atoms with E-state index in [1.807, 2.05) is 0 Å². The van der Waals surface area contributed by atoms with Crippen LogP contribution >= 0.6 is 0 Å². The van der Waals surface area contributed by atoms with Crippen molar-refractivity contribution in [2.75, 3.05) is 0 Å². The molecule has 0 saturated heterocycles. The zero-order chi connectivity index (χ0) is 28.2. The van der Waals surface area contributed by atoms with Crippen LogP contribution in [0.25, 0.3) is 0 Å². The molecule has 0 bridgehead atoms. The summed E-state index contributed by atoms with van der Waals surface area (Å²) < 4.78 is 120. The van der Waals surface area contributed by atoms with Gasteiger partial charge in [0.25, 0.3) is 0 Å². The number of rotatable bonds is 8. The summed E-state index contributed by atoms with van der Waals surface area (Å²) in [5.41, 5.74) is 0. The highest BCUT2D eigenvalue weighted by atomic mass is 19.4. The van der Waals surface area contributed by atoms with Crippen molar-refractivity contribution in [3.8, 4) is 11.8 Å². The van der Waals surface area contributed by atoms with Crippen molar-refractivity contribution in [2.24, 2.45) is 35.5 Å². The fourth-order valence-corrected chi connectivity index (χ4v) is 6.85. The van der Waals surface area contributed by atoms with Gasteiger partial charge in [-0.3, -0.25) is 0 Å². The van der Waals surface area contributed by atoms with Crippen LogP contribution in [-0.4, -0.2) is 23.9 Å². The van der Waals surface area contributed by atoms with E-state index in [1.54, 1.807) is 0 Å². The summed E-state index contributed by atoms with van der Waals surface area (Å²) in [5.74, 6) is -12.5. The van der Waals surface area contributed by atoms with Crippen LogP contribution < -0.4 is 0 Å². The third kappa shape index (κ3) is 6.97. The number of hydrogen-bond acceptors (Lipinski definition) is 0. The first-order valence-corrected chi connectivity index (χ1v) is 14.4. The zero-order valence-corrected chi connectivity index (χ0v) is 22.2. The van der Waals surface area contributed by atoms with Gasteiger partial charge in [0.15, 0.2) is 0 Å². The van der Waals surface area contributed by atoms with Crippen molar-refractivity contribution in [3.63, 3.8) is 0 Å². The van der Waals surface area contributed by atoms with Gasteiger partial charge >= 0.3 is 23.9 Å². The van der Waals surface area contributed by atoms with Crippen LogP contribution in [0.5, 0.6) is 0 Å². The first kappa shape index (κ1) is 31.5. The Morgan fingerprint density at radius 3 is 1.45 bits per heavy atom. The largest absolute Gasteiger partial charge is 0.460 e. The highest BCUT2D eigenvalue weighted by Gasteiger charge is 2.82. The lowest BCUT2D eigenvalue weighted by molar-refractivity contribution is -0.404. The molecule has 3 saturated carbocycles. The maximum Gasteiger partial charge on any atom is 0.460 e. The van der Waals surface area contributed by atoms with Crippen LogP contribution in [0.1, 0.15) is 110 Å². The third-order valence-corrected chi connectivity index (χ3v) is 9.45. The average Bonchev–Trinajstić information content (AvgIpc) is 2.88. The number of hydrogen-bond donors (Lipinski definition) is 0. The number of unbranched alkanes of at least 4 members (excludes halogenated alkanes) is 2. The molecule has 0 aromatic heterocycles. The van der Waals surface area contributed by atoms with Gasteiger partial charge in [0.05, 0.1) is 0 Å². The Hall–Kier alpha value is -1.07. The van der Waals surface area contributed by atoms with E-state index in [9.17, 15) is 39.5 Å². The highest BCUT2D eigenvalue weighted by Crippen LogP contribution is 2.57. The number of alkyl halides is 9. The van der Waals surface area contributed by atoms with Crippen molar-refractivity contribution in [1.82, 2.24) is 0 Å². The minimum absolute atomic E-state index is 0.0161. The van der Waals surface area contributed by atoms with Gasteiger partial charge in [-0.25, -0.2) is 0 Å². The van der Waals surface area contributed by atoms with Crippen molar-refractivity contribution in [1.29, 1.82) is 0 Å². The van der Waals surface area contributed by atoms with Crippen LogP contribution in [0, 0.1) is 47.3 Å². The Labute approximate surface area is 220 Å². The van der Waals surface area contributed by atoms with E-state index >= 15 is 0 Å². The molecule has 3 aliphatic carbocycles. The summed E-state index contributed by atoms with van der Waals surface area (Å²) >= 11 is 0. The van der Waals surface area contributed by atoms with Crippen molar-refractivity contribution in [2.45, 2.75) is 134 Å². The Kier molecular flexibility index (Phi) is 10.5. The van der Waals surface area contributed by atoms with E-state index < -0.39 is 42.7 Å². The Morgan fingerprint density at radius 2 is 1.00 bits per heavy atom. The number of halogens is 9. The van der Waals surface area contributed by atoms with E-state index in [0.717, 1.165) is 43.4 Å². The molecule has 0 radical (unpaired) electrons. The second-order valence-electron chi connectivity index (χ2n) is 12.0. The van der Waals surface area contributed by atoms with Gasteiger partial charge in [-0.05, 0) is 82.0 Å². The maximum absolute atomic E-state index is 14.2. The molecule has 0 aromatic carbocycles. The molecule has 0 nitrogen and oxygen atoms in total. The molecular weight excluding hydrogens is 519 g/mol. The van der Waals surface area contributed by atoms with Gasteiger partial charge in [-0.2, -0.15) is 39.5 Å². The Bertz CT molecular complexity index is 783. The molecule has 9 heteroatoms. The topological polar surface area (TPSA) is 0 Å². The van der Waals surface area contributed by atoms with E-state index in [2.05, 4.69) is 18.8 Å². The van der Waals surface area contributed by atoms with Gasteiger partial charge in [-0.1, -0.05) is 57.3 Å². The fraction of sp³-hybridized carbons (Fsp3) is 0.931. The summed E-state index contributed by atoms with van der Waals surface area (Å²) in [6.45, 7) is 2.23. The average molecular weight is 561 g/mol. The van der Waals surface area contributed by atoms with Crippen LogP contribution in [-0.2, 0) is 0 Å². The molecule has 38 heavy (non-hydrogen) atoms. The van der Waals surface area contributed by atoms with Crippen molar-refractivity contribution < 1.29 is 39.5 Å². The van der Waals surface area contributed by atoms with E-state index in [-0.39, 0.29) is 24.7 Å². The van der Waals surface area contributed by atoms with E-state index in [1.165, 1.54) is 51.4 Å². The standard InChI is InChI=1S/C29H41F9/c1-2-3-4-5-20-8-14-23(15-9-20)24-16-10-21(11-17-24)6-7-22-12-18-25(19-13-22)26(30,31)27(32,33)28(34,35)29(36,37)38/h20-25H,2-5,8-19H2,1H3. The molecule has 3 fully saturated rings. The van der Waals surface area contributed by atoms with Gasteiger partial charge in [-0.15, -0.1) is 0 Å². The summed E-state index contributed by atoms with van der Waals surface area (Å²) in [7, 11) is 0. The first-order valence-electron chi connectivity index (χ1n) is 14.4. The second-order valence-corrected chi connectivity index (χ2v) is 12.0. The molecule has 0 amide bonds. The molecule has 0 aromatic rings. The highest BCUT2D eigenvalue weighted by molar-refractivity contribution is 5.11. The smallest absolute Gasteiger partial charge is 0.199 e. The SMILES string of the molecule is CCCCCC1CCC(C2CCC(C#CC3CCC(C(F)(F)C(F)(F)C(F)(F)C(F)(F)F)CC3)CC2)CC1. The maximum atomic E-state index is 14.2. The van der Waals surface area contributed by atoms with Crippen molar-refractivity contribution >= 4 is 0 Å². The van der Waals surface area contributed by atoms with Gasteiger partial charge < -0.3 is 0 Å². The molecule has 0 unspecified atom stereocenters. The quantitative estimate of drug-likeness (QED) is 0.157.